The van der Waals surface area contributed by atoms with Gasteiger partial charge < -0.3 is 0 Å². The third-order valence-corrected chi connectivity index (χ3v) is 3.03. The van der Waals surface area contributed by atoms with Gasteiger partial charge >= 0.3 is 0 Å². The van der Waals surface area contributed by atoms with E-state index in [1.807, 2.05) is 18.2 Å². The van der Waals surface area contributed by atoms with E-state index in [4.69, 9.17) is 0 Å². The molecule has 0 radical (unpaired) electrons. The van der Waals surface area contributed by atoms with E-state index in [1.165, 1.54) is 6.07 Å². The van der Waals surface area contributed by atoms with Crippen molar-refractivity contribution in [1.82, 2.24) is 26.0 Å². The van der Waals surface area contributed by atoms with Crippen LogP contribution in [0.1, 0.15) is 21.0 Å². The Balaban J connectivity index is 1.69. The maximum Gasteiger partial charge on any atom is 0.290 e. The summed E-state index contributed by atoms with van der Waals surface area (Å²) in [6.07, 6.45) is 0. The van der Waals surface area contributed by atoms with Crippen LogP contribution in [0.15, 0.2) is 53.3 Å². The number of hydrazine groups is 1. The molecule has 2 amide bonds. The van der Waals surface area contributed by atoms with E-state index in [9.17, 15) is 14.4 Å². The van der Waals surface area contributed by atoms with Crippen LogP contribution >= 0.6 is 0 Å². The van der Waals surface area contributed by atoms with Gasteiger partial charge in [0, 0.05) is 11.5 Å². The summed E-state index contributed by atoms with van der Waals surface area (Å²) >= 11 is 0. The van der Waals surface area contributed by atoms with Crippen LogP contribution in [0.3, 0.4) is 0 Å². The lowest BCUT2D eigenvalue weighted by Crippen LogP contribution is -2.42. The molecule has 3 aromatic rings. The summed E-state index contributed by atoms with van der Waals surface area (Å²) in [7, 11) is 0. The number of para-hydroxylation sites is 1. The van der Waals surface area contributed by atoms with E-state index < -0.39 is 17.4 Å². The van der Waals surface area contributed by atoms with E-state index in [0.717, 1.165) is 11.5 Å². The fourth-order valence-corrected chi connectivity index (χ4v) is 1.91. The molecule has 3 N–H and O–H groups in total. The second kappa shape index (κ2) is 6.06. The quantitative estimate of drug-likeness (QED) is 0.592. The Kier molecular flexibility index (Phi) is 3.79. The molecular formula is C15H11N5O3. The highest BCUT2D eigenvalue weighted by molar-refractivity contribution is 5.98. The van der Waals surface area contributed by atoms with Crippen LogP contribution in [0.4, 0.5) is 0 Å². The van der Waals surface area contributed by atoms with Crippen LogP contribution in [0, 0.1) is 0 Å². The second-order valence-electron chi connectivity index (χ2n) is 4.60. The molecule has 2 aromatic heterocycles. The number of aromatic nitrogens is 3. The molecule has 0 aliphatic rings. The Morgan fingerprint density at radius 3 is 2.30 bits per heavy atom. The molecule has 8 heteroatoms. The molecule has 0 atom stereocenters. The van der Waals surface area contributed by atoms with Crippen molar-refractivity contribution in [1.29, 1.82) is 0 Å². The van der Waals surface area contributed by atoms with Crippen molar-refractivity contribution in [3.05, 3.63) is 70.3 Å². The minimum atomic E-state index is -0.657. The van der Waals surface area contributed by atoms with E-state index in [-0.39, 0.29) is 11.4 Å². The lowest BCUT2D eigenvalue weighted by Gasteiger charge is -2.06. The number of nitrogens with one attached hydrogen (secondary N) is 3. The molecule has 0 unspecified atom stereocenters. The zero-order chi connectivity index (χ0) is 16.2. The van der Waals surface area contributed by atoms with Gasteiger partial charge in [0.05, 0.1) is 5.52 Å². The molecule has 0 spiro atoms. The van der Waals surface area contributed by atoms with Crippen molar-refractivity contribution in [2.75, 3.05) is 0 Å². The van der Waals surface area contributed by atoms with Crippen molar-refractivity contribution < 1.29 is 9.59 Å². The Hall–Kier alpha value is -3.55. The van der Waals surface area contributed by atoms with E-state index >= 15 is 0 Å². The Morgan fingerprint density at radius 2 is 1.57 bits per heavy atom. The maximum atomic E-state index is 12.0. The molecule has 0 aliphatic carbocycles. The molecule has 2 heterocycles. The average molecular weight is 309 g/mol. The summed E-state index contributed by atoms with van der Waals surface area (Å²) in [4.78, 5) is 38.9. The van der Waals surface area contributed by atoms with Crippen molar-refractivity contribution in [2.24, 2.45) is 0 Å². The number of pyridine rings is 1. The molecule has 114 valence electrons. The second-order valence-corrected chi connectivity index (χ2v) is 4.60. The SMILES string of the molecule is O=C(NNC(=O)c1ccc2ccccc2n1)c1ccc(=O)[nH]n1. The van der Waals surface area contributed by atoms with Crippen molar-refractivity contribution in [2.45, 2.75) is 0 Å². The summed E-state index contributed by atoms with van der Waals surface area (Å²) in [6.45, 7) is 0. The molecule has 0 aliphatic heterocycles. The summed E-state index contributed by atoms with van der Waals surface area (Å²) in [6, 6.07) is 13.1. The lowest BCUT2D eigenvalue weighted by atomic mass is 10.2. The van der Waals surface area contributed by atoms with Crippen LogP contribution in [0.2, 0.25) is 0 Å². The summed E-state index contributed by atoms with van der Waals surface area (Å²) < 4.78 is 0. The van der Waals surface area contributed by atoms with Gasteiger partial charge in [0.25, 0.3) is 17.4 Å². The monoisotopic (exact) mass is 309 g/mol. The first-order valence-electron chi connectivity index (χ1n) is 6.66. The zero-order valence-corrected chi connectivity index (χ0v) is 11.7. The number of aromatic amines is 1. The number of hydrogen-bond donors (Lipinski definition) is 3. The predicted octanol–water partition coefficient (Wildman–Crippen LogP) is 0.393. The van der Waals surface area contributed by atoms with Gasteiger partial charge in [-0.15, -0.1) is 0 Å². The summed E-state index contributed by atoms with van der Waals surface area (Å²) in [5, 5.41) is 6.59. The predicted molar refractivity (Wildman–Crippen MR) is 81.5 cm³/mol. The van der Waals surface area contributed by atoms with Gasteiger partial charge in [0.2, 0.25) is 0 Å². The van der Waals surface area contributed by atoms with E-state index in [1.54, 1.807) is 18.2 Å². The minimum Gasteiger partial charge on any atom is -0.268 e. The number of rotatable bonds is 2. The number of amides is 2. The summed E-state index contributed by atoms with van der Waals surface area (Å²) in [5.41, 5.74) is 4.83. The van der Waals surface area contributed by atoms with Gasteiger partial charge in [-0.25, -0.2) is 10.1 Å². The van der Waals surface area contributed by atoms with Crippen LogP contribution in [0.25, 0.3) is 10.9 Å². The molecule has 1 aromatic carbocycles. The third kappa shape index (κ3) is 3.21. The first-order chi connectivity index (χ1) is 11.1. The Morgan fingerprint density at radius 1 is 0.870 bits per heavy atom. The fraction of sp³-hybridized carbons (Fsp3) is 0. The largest absolute Gasteiger partial charge is 0.290 e. The fourth-order valence-electron chi connectivity index (χ4n) is 1.91. The summed E-state index contributed by atoms with van der Waals surface area (Å²) in [5.74, 6) is -1.22. The van der Waals surface area contributed by atoms with Crippen LogP contribution in [-0.2, 0) is 0 Å². The number of carbonyl (C=O) groups is 2. The Labute approximate surface area is 129 Å². The van der Waals surface area contributed by atoms with Crippen LogP contribution in [-0.4, -0.2) is 27.0 Å². The van der Waals surface area contributed by atoms with Gasteiger partial charge in [0.1, 0.15) is 5.69 Å². The number of nitrogens with zero attached hydrogens (tertiary/aromatic N) is 2. The topological polar surface area (TPSA) is 117 Å². The molecule has 8 nitrogen and oxygen atoms in total. The molecule has 0 saturated carbocycles. The first-order valence-corrected chi connectivity index (χ1v) is 6.66. The number of H-pyrrole nitrogens is 1. The van der Waals surface area contributed by atoms with E-state index in [2.05, 4.69) is 26.0 Å². The highest BCUT2D eigenvalue weighted by atomic mass is 16.2. The molecule has 23 heavy (non-hydrogen) atoms. The molecule has 0 saturated heterocycles. The van der Waals surface area contributed by atoms with Gasteiger partial charge in [-0.1, -0.05) is 24.3 Å². The third-order valence-electron chi connectivity index (χ3n) is 3.03. The normalized spacial score (nSPS) is 10.3. The van der Waals surface area contributed by atoms with Gasteiger partial charge in [-0.3, -0.25) is 25.2 Å². The van der Waals surface area contributed by atoms with Crippen molar-refractivity contribution in [3.63, 3.8) is 0 Å². The van der Waals surface area contributed by atoms with Gasteiger partial charge in [0.15, 0.2) is 5.69 Å². The molecule has 3 rings (SSSR count). The molecule has 0 bridgehead atoms. The van der Waals surface area contributed by atoms with E-state index in [0.29, 0.717) is 5.52 Å². The standard InChI is InChI=1S/C15H11N5O3/c21-13-8-7-12(17-18-13)15(23)20-19-14(22)11-6-5-9-3-1-2-4-10(9)16-11/h1-8H,(H,18,21)(H,19,22)(H,20,23). The number of carbonyl (C=O) groups excluding carboxylic acids is 2. The van der Waals surface area contributed by atoms with Gasteiger partial charge in [-0.05, 0) is 18.2 Å². The molecular weight excluding hydrogens is 298 g/mol. The smallest absolute Gasteiger partial charge is 0.268 e. The van der Waals surface area contributed by atoms with Gasteiger partial charge in [-0.2, -0.15) is 5.10 Å². The Bertz CT molecular complexity index is 931. The number of hydrogen-bond acceptors (Lipinski definition) is 5. The highest BCUT2D eigenvalue weighted by Crippen LogP contribution is 2.11. The highest BCUT2D eigenvalue weighted by Gasteiger charge is 2.11. The van der Waals surface area contributed by atoms with Crippen LogP contribution < -0.4 is 16.4 Å². The zero-order valence-electron chi connectivity index (χ0n) is 11.7. The van der Waals surface area contributed by atoms with Crippen LogP contribution in [0.5, 0.6) is 0 Å². The number of benzene rings is 1. The maximum absolute atomic E-state index is 12.0. The van der Waals surface area contributed by atoms with Crippen molar-refractivity contribution in [3.8, 4) is 0 Å². The van der Waals surface area contributed by atoms with Crippen molar-refractivity contribution >= 4 is 22.7 Å². The lowest BCUT2D eigenvalue weighted by molar-refractivity contribution is 0.0841. The molecule has 0 fully saturated rings. The number of fused-ring (bicyclic) bond motifs is 1. The first kappa shape index (κ1) is 14.4. The average Bonchev–Trinajstić information content (AvgIpc) is 2.59. The minimum absolute atomic E-state index is 0.0311.